The third kappa shape index (κ3) is 2.78. The molecule has 1 aromatic carbocycles. The van der Waals surface area contributed by atoms with Gasteiger partial charge >= 0.3 is 0 Å². The molecule has 0 saturated carbocycles. The minimum atomic E-state index is 0.769. The van der Waals surface area contributed by atoms with E-state index in [0.29, 0.717) is 0 Å². The van der Waals surface area contributed by atoms with Crippen LogP contribution < -0.4 is 4.89 Å². The Balaban J connectivity index is 0.000000144. The van der Waals surface area contributed by atoms with Crippen molar-refractivity contribution in [3.05, 3.63) is 47.1 Å². The molecule has 4 nitrogen and oxygen atoms in total. The Bertz CT molecular complexity index is 412. The van der Waals surface area contributed by atoms with Crippen LogP contribution in [0.25, 0.3) is 6.08 Å². The monoisotopic (exact) mass is 220 g/mol. The molecule has 0 bridgehead atoms. The second-order valence-electron chi connectivity index (χ2n) is 2.60. The second kappa shape index (κ2) is 5.11. The molecule has 15 heavy (non-hydrogen) atoms. The third-order valence-electron chi connectivity index (χ3n) is 1.64. The van der Waals surface area contributed by atoms with Crippen LogP contribution in [-0.2, 0) is 4.89 Å². The first kappa shape index (κ1) is 9.67. The maximum atomic E-state index is 4.84. The number of aromatic nitrogens is 2. The molecule has 2 aromatic rings. The summed E-state index contributed by atoms with van der Waals surface area (Å²) in [6, 6.07) is 7.69. The summed E-state index contributed by atoms with van der Waals surface area (Å²) in [5.74, 6) is 0.769. The van der Waals surface area contributed by atoms with Crippen LogP contribution in [0.4, 0.5) is 0 Å². The molecule has 5 heteroatoms. The van der Waals surface area contributed by atoms with E-state index in [2.05, 4.69) is 15.1 Å². The molecule has 1 aromatic heterocycles. The van der Waals surface area contributed by atoms with Crippen molar-refractivity contribution in [3.8, 4) is 5.75 Å². The van der Waals surface area contributed by atoms with E-state index in [9.17, 15) is 0 Å². The Morgan fingerprint density at radius 1 is 1.07 bits per heavy atom. The number of rotatable bonds is 0. The van der Waals surface area contributed by atoms with E-state index in [1.807, 2.05) is 30.3 Å². The average molecular weight is 220 g/mol. The minimum Gasteiger partial charge on any atom is -0.298 e. The SMILES string of the molecule is C1=Cc2ccccc2OO1.c1nncs1. The van der Waals surface area contributed by atoms with Gasteiger partial charge in [0.05, 0.1) is 0 Å². The molecule has 0 radical (unpaired) electrons. The first-order valence-corrected chi connectivity index (χ1v) is 5.19. The van der Waals surface area contributed by atoms with Gasteiger partial charge in [0, 0.05) is 5.56 Å². The highest BCUT2D eigenvalue weighted by molar-refractivity contribution is 7.07. The summed E-state index contributed by atoms with van der Waals surface area (Å²) in [7, 11) is 0. The first-order chi connectivity index (χ1) is 7.47. The van der Waals surface area contributed by atoms with Gasteiger partial charge in [-0.2, -0.15) is 0 Å². The fourth-order valence-electron chi connectivity index (χ4n) is 1.01. The Morgan fingerprint density at radius 2 is 1.87 bits per heavy atom. The number of hydrogen-bond donors (Lipinski definition) is 0. The first-order valence-electron chi connectivity index (χ1n) is 4.24. The smallest absolute Gasteiger partial charge is 0.185 e. The van der Waals surface area contributed by atoms with Gasteiger partial charge in [0.1, 0.15) is 17.3 Å². The van der Waals surface area contributed by atoms with Crippen LogP contribution in [0.15, 0.2) is 41.5 Å². The molecule has 1 aliphatic heterocycles. The van der Waals surface area contributed by atoms with Crippen molar-refractivity contribution in [2.45, 2.75) is 0 Å². The van der Waals surface area contributed by atoms with Crippen molar-refractivity contribution < 1.29 is 9.78 Å². The molecule has 0 N–H and O–H groups in total. The lowest BCUT2D eigenvalue weighted by atomic mass is 10.2. The van der Waals surface area contributed by atoms with Crippen molar-refractivity contribution in [1.29, 1.82) is 0 Å². The largest absolute Gasteiger partial charge is 0.298 e. The van der Waals surface area contributed by atoms with Gasteiger partial charge in [-0.25, -0.2) is 0 Å². The molecule has 0 aliphatic carbocycles. The Labute approximate surface area is 90.7 Å². The van der Waals surface area contributed by atoms with Crippen LogP contribution in [0.2, 0.25) is 0 Å². The van der Waals surface area contributed by atoms with Gasteiger partial charge in [0.2, 0.25) is 0 Å². The summed E-state index contributed by atoms with van der Waals surface area (Å²) >= 11 is 1.49. The van der Waals surface area contributed by atoms with E-state index in [1.54, 1.807) is 11.0 Å². The predicted octanol–water partition coefficient (Wildman–Crippen LogP) is 2.52. The van der Waals surface area contributed by atoms with E-state index >= 15 is 0 Å². The zero-order chi connectivity index (χ0) is 10.3. The summed E-state index contributed by atoms with van der Waals surface area (Å²) in [5.41, 5.74) is 4.41. The molecule has 0 unspecified atom stereocenters. The zero-order valence-corrected chi connectivity index (χ0v) is 8.55. The summed E-state index contributed by atoms with van der Waals surface area (Å²) in [6.45, 7) is 0. The van der Waals surface area contributed by atoms with Crippen molar-refractivity contribution in [1.82, 2.24) is 10.2 Å². The van der Waals surface area contributed by atoms with Gasteiger partial charge in [-0.3, -0.25) is 9.78 Å². The number of fused-ring (bicyclic) bond motifs is 1. The predicted molar refractivity (Wildman–Crippen MR) is 57.1 cm³/mol. The average Bonchev–Trinajstić information content (AvgIpc) is 2.88. The minimum absolute atomic E-state index is 0.769. The third-order valence-corrected chi connectivity index (χ3v) is 2.07. The van der Waals surface area contributed by atoms with E-state index in [4.69, 9.17) is 4.89 Å². The number of nitrogens with zero attached hydrogens (tertiary/aromatic N) is 2. The Kier molecular flexibility index (Phi) is 3.30. The highest BCUT2D eigenvalue weighted by atomic mass is 32.1. The standard InChI is InChI=1S/C8H6O2.C2H2N2S/c1-2-4-8-7(3-1)5-6-9-10-8;1-3-4-2-5-1/h1-6H;1-2H. The number of hydrogen-bond acceptors (Lipinski definition) is 5. The van der Waals surface area contributed by atoms with E-state index in [1.165, 1.54) is 17.6 Å². The number of benzene rings is 1. The highest BCUT2D eigenvalue weighted by Gasteiger charge is 2.03. The maximum Gasteiger partial charge on any atom is 0.185 e. The van der Waals surface area contributed by atoms with Crippen molar-refractivity contribution >= 4 is 17.4 Å². The lowest BCUT2D eigenvalue weighted by Gasteiger charge is -2.08. The van der Waals surface area contributed by atoms with Gasteiger partial charge < -0.3 is 0 Å². The lowest BCUT2D eigenvalue weighted by Crippen LogP contribution is -1.96. The van der Waals surface area contributed by atoms with Gasteiger partial charge in [0.15, 0.2) is 5.75 Å². The lowest BCUT2D eigenvalue weighted by molar-refractivity contribution is -0.151. The van der Waals surface area contributed by atoms with Crippen LogP contribution in [0, 0.1) is 0 Å². The van der Waals surface area contributed by atoms with Crippen LogP contribution in [0.5, 0.6) is 5.75 Å². The van der Waals surface area contributed by atoms with Crippen molar-refractivity contribution in [2.75, 3.05) is 0 Å². The Hall–Kier alpha value is -1.88. The van der Waals surface area contributed by atoms with Crippen molar-refractivity contribution in [3.63, 3.8) is 0 Å². The van der Waals surface area contributed by atoms with Gasteiger partial charge in [-0.1, -0.05) is 18.2 Å². The molecule has 2 heterocycles. The van der Waals surface area contributed by atoms with Gasteiger partial charge in [-0.05, 0) is 12.1 Å². The summed E-state index contributed by atoms with van der Waals surface area (Å²) < 4.78 is 0. The molecule has 0 amide bonds. The molecular formula is C10H8N2O2S. The van der Waals surface area contributed by atoms with Gasteiger partial charge in [0.25, 0.3) is 0 Å². The van der Waals surface area contributed by atoms with Crippen molar-refractivity contribution in [2.24, 2.45) is 0 Å². The summed E-state index contributed by atoms with van der Waals surface area (Å²) in [4.78, 5) is 9.45. The summed E-state index contributed by atoms with van der Waals surface area (Å²) in [6.07, 6.45) is 3.38. The molecule has 1 aliphatic rings. The topological polar surface area (TPSA) is 44.2 Å². The quantitative estimate of drug-likeness (QED) is 0.640. The van der Waals surface area contributed by atoms with Crippen LogP contribution in [0.3, 0.4) is 0 Å². The van der Waals surface area contributed by atoms with Gasteiger partial charge in [-0.15, -0.1) is 21.5 Å². The molecular weight excluding hydrogens is 212 g/mol. The van der Waals surface area contributed by atoms with Crippen LogP contribution in [-0.4, -0.2) is 10.2 Å². The fraction of sp³-hybridized carbons (Fsp3) is 0. The molecule has 76 valence electrons. The molecule has 0 spiro atoms. The summed E-state index contributed by atoms with van der Waals surface area (Å²) in [5, 5.41) is 6.98. The van der Waals surface area contributed by atoms with E-state index in [0.717, 1.165) is 11.3 Å². The normalized spacial score (nSPS) is 11.5. The van der Waals surface area contributed by atoms with E-state index in [-0.39, 0.29) is 0 Å². The highest BCUT2D eigenvalue weighted by Crippen LogP contribution is 2.22. The number of para-hydroxylation sites is 1. The molecule has 0 atom stereocenters. The second-order valence-corrected chi connectivity index (χ2v) is 3.29. The molecule has 0 fully saturated rings. The zero-order valence-electron chi connectivity index (χ0n) is 7.74. The fourth-order valence-corrected chi connectivity index (χ4v) is 1.28. The molecule has 3 rings (SSSR count). The Morgan fingerprint density at radius 3 is 2.53 bits per heavy atom. The van der Waals surface area contributed by atoms with Crippen LogP contribution >= 0.6 is 11.3 Å². The van der Waals surface area contributed by atoms with Crippen LogP contribution in [0.1, 0.15) is 5.56 Å². The molecule has 0 saturated heterocycles. The maximum absolute atomic E-state index is 4.84. The van der Waals surface area contributed by atoms with E-state index < -0.39 is 0 Å².